The molecule has 0 spiro atoms. The van der Waals surface area contributed by atoms with Gasteiger partial charge in [0.1, 0.15) is 5.52 Å². The molecule has 2 rings (SSSR count). The number of aromatic nitrogens is 2. The lowest BCUT2D eigenvalue weighted by Gasteiger charge is -2.02. The van der Waals surface area contributed by atoms with Crippen molar-refractivity contribution in [2.24, 2.45) is 4.99 Å². The zero-order valence-corrected chi connectivity index (χ0v) is 8.08. The third-order valence-corrected chi connectivity index (χ3v) is 1.92. The zero-order chi connectivity index (χ0) is 10.8. The third kappa shape index (κ3) is 1.71. The van der Waals surface area contributed by atoms with E-state index in [0.29, 0.717) is 11.0 Å². The molecule has 5 nitrogen and oxygen atoms in total. The molecule has 1 heterocycles. The maximum atomic E-state index is 10.8. The summed E-state index contributed by atoms with van der Waals surface area (Å²) in [5, 5.41) is 9.73. The molecule has 0 fully saturated rings. The largest absolute Gasteiger partial charge is 0.426 e. The molecule has 0 saturated carbocycles. The van der Waals surface area contributed by atoms with E-state index in [9.17, 15) is 10.0 Å². The summed E-state index contributed by atoms with van der Waals surface area (Å²) in [5.41, 5.74) is 1.28. The van der Waals surface area contributed by atoms with E-state index in [4.69, 9.17) is 0 Å². The van der Waals surface area contributed by atoms with Gasteiger partial charge in [-0.2, -0.15) is 9.72 Å². The van der Waals surface area contributed by atoms with Crippen molar-refractivity contribution in [3.63, 3.8) is 0 Å². The van der Waals surface area contributed by atoms with Gasteiger partial charge in [-0.05, 0) is 12.1 Å². The fourth-order valence-electron chi connectivity index (χ4n) is 1.30. The lowest BCUT2D eigenvalue weighted by atomic mass is 10.3. The maximum absolute atomic E-state index is 10.8. The summed E-state index contributed by atoms with van der Waals surface area (Å²) in [7, 11) is 0. The van der Waals surface area contributed by atoms with Crippen molar-refractivity contribution in [1.29, 1.82) is 0 Å². The van der Waals surface area contributed by atoms with Crippen molar-refractivity contribution in [1.82, 2.24) is 9.71 Å². The van der Waals surface area contributed by atoms with Crippen molar-refractivity contribution in [3.8, 4) is 0 Å². The topological polar surface area (TPSA) is 67.5 Å². The number of hydrogen-bond donors (Lipinski definition) is 1. The lowest BCUT2D eigenvalue weighted by molar-refractivity contribution is -0.116. The molecule has 0 aliphatic carbocycles. The minimum absolute atomic E-state index is 0.126. The van der Waals surface area contributed by atoms with Gasteiger partial charge in [0, 0.05) is 6.92 Å². The van der Waals surface area contributed by atoms with Gasteiger partial charge in [-0.25, -0.2) is 0 Å². The van der Waals surface area contributed by atoms with Crippen molar-refractivity contribution in [3.05, 3.63) is 36.0 Å². The van der Waals surface area contributed by atoms with Crippen LogP contribution in [0.3, 0.4) is 0 Å². The molecule has 2 aromatic rings. The Morgan fingerprint density at radius 1 is 1.47 bits per heavy atom. The molecule has 0 saturated heterocycles. The summed E-state index contributed by atoms with van der Waals surface area (Å²) in [6.07, 6.45) is 1.35. The summed E-state index contributed by atoms with van der Waals surface area (Å²) in [5.74, 6) is -0.380. The van der Waals surface area contributed by atoms with E-state index >= 15 is 0 Å². The quantitative estimate of drug-likeness (QED) is 0.641. The average Bonchev–Trinajstić information content (AvgIpc) is 2.22. The maximum Gasteiger partial charge on any atom is 0.244 e. The summed E-state index contributed by atoms with van der Waals surface area (Å²) < 4.78 is 0.851. The fourth-order valence-corrected chi connectivity index (χ4v) is 1.30. The third-order valence-electron chi connectivity index (χ3n) is 1.92. The molecule has 0 aliphatic rings. The lowest BCUT2D eigenvalue weighted by Crippen LogP contribution is -2.21. The standard InChI is InChI=1S/C10H9N3O2/c1-7(14)12-10-6-11-8-4-2-3-5-9(8)13(10)15/h2-6,15H,1H3. The summed E-state index contributed by atoms with van der Waals surface area (Å²) >= 11 is 0. The Kier molecular flexibility index (Phi) is 2.21. The van der Waals surface area contributed by atoms with E-state index in [1.165, 1.54) is 13.1 Å². The summed E-state index contributed by atoms with van der Waals surface area (Å²) in [6.45, 7) is 1.31. The highest BCUT2D eigenvalue weighted by Gasteiger charge is 2.00. The van der Waals surface area contributed by atoms with Gasteiger partial charge >= 0.3 is 0 Å². The number of amides is 1. The van der Waals surface area contributed by atoms with Gasteiger partial charge in [-0.3, -0.25) is 9.78 Å². The van der Waals surface area contributed by atoms with Crippen LogP contribution in [0.4, 0.5) is 0 Å². The van der Waals surface area contributed by atoms with Gasteiger partial charge in [0.25, 0.3) is 0 Å². The van der Waals surface area contributed by atoms with Crippen LogP contribution in [-0.4, -0.2) is 20.8 Å². The van der Waals surface area contributed by atoms with E-state index in [1.807, 2.05) is 6.07 Å². The Morgan fingerprint density at radius 3 is 2.93 bits per heavy atom. The first kappa shape index (κ1) is 9.39. The van der Waals surface area contributed by atoms with Crippen LogP contribution in [0.15, 0.2) is 35.5 Å². The number of hydrogen-bond acceptors (Lipinski definition) is 3. The Hall–Kier alpha value is -2.17. The van der Waals surface area contributed by atoms with Crippen LogP contribution in [0.2, 0.25) is 0 Å². The van der Waals surface area contributed by atoms with Crippen LogP contribution in [0.25, 0.3) is 11.0 Å². The molecule has 1 aromatic heterocycles. The first-order chi connectivity index (χ1) is 7.18. The summed E-state index contributed by atoms with van der Waals surface area (Å²) in [4.78, 5) is 18.5. The SMILES string of the molecule is CC(=O)N=c1cnc2ccccc2n1O. The van der Waals surface area contributed by atoms with Crippen LogP contribution in [0, 0.1) is 0 Å². The van der Waals surface area contributed by atoms with E-state index in [1.54, 1.807) is 18.2 Å². The molecule has 1 N–H and O–H groups in total. The molecule has 0 bridgehead atoms. The normalized spacial score (nSPS) is 11.9. The van der Waals surface area contributed by atoms with E-state index in [2.05, 4.69) is 9.98 Å². The van der Waals surface area contributed by atoms with Crippen molar-refractivity contribution < 1.29 is 10.0 Å². The number of para-hydroxylation sites is 2. The smallest absolute Gasteiger partial charge is 0.244 e. The number of fused-ring (bicyclic) bond motifs is 1. The molecule has 0 radical (unpaired) electrons. The van der Waals surface area contributed by atoms with Crippen LogP contribution < -0.4 is 5.49 Å². The van der Waals surface area contributed by atoms with Crippen LogP contribution >= 0.6 is 0 Å². The zero-order valence-electron chi connectivity index (χ0n) is 8.08. The van der Waals surface area contributed by atoms with Gasteiger partial charge in [-0.15, -0.1) is 0 Å². The van der Waals surface area contributed by atoms with Crippen molar-refractivity contribution >= 4 is 16.9 Å². The Morgan fingerprint density at radius 2 is 2.20 bits per heavy atom. The first-order valence-corrected chi connectivity index (χ1v) is 4.40. The second kappa shape index (κ2) is 3.53. The first-order valence-electron chi connectivity index (χ1n) is 4.40. The molecule has 15 heavy (non-hydrogen) atoms. The van der Waals surface area contributed by atoms with Crippen molar-refractivity contribution in [2.45, 2.75) is 6.92 Å². The highest BCUT2D eigenvalue weighted by Crippen LogP contribution is 2.05. The van der Waals surface area contributed by atoms with Gasteiger partial charge in [-0.1, -0.05) is 12.1 Å². The molecule has 76 valence electrons. The number of carbonyl (C=O) groups excluding carboxylic acids is 1. The highest BCUT2D eigenvalue weighted by molar-refractivity contribution is 5.75. The minimum atomic E-state index is -0.380. The van der Waals surface area contributed by atoms with Gasteiger partial charge in [0.15, 0.2) is 5.49 Å². The second-order valence-corrected chi connectivity index (χ2v) is 3.05. The Labute approximate surface area is 85.3 Å². The Bertz CT molecular complexity index is 586. The van der Waals surface area contributed by atoms with Crippen LogP contribution in [-0.2, 0) is 4.79 Å². The van der Waals surface area contributed by atoms with E-state index in [0.717, 1.165) is 4.73 Å². The highest BCUT2D eigenvalue weighted by atomic mass is 16.5. The summed E-state index contributed by atoms with van der Waals surface area (Å²) in [6, 6.07) is 7.05. The Balaban J connectivity index is 2.82. The monoisotopic (exact) mass is 203 g/mol. The molecular formula is C10H9N3O2. The van der Waals surface area contributed by atoms with Crippen molar-refractivity contribution in [2.75, 3.05) is 0 Å². The fraction of sp³-hybridized carbons (Fsp3) is 0.100. The van der Waals surface area contributed by atoms with Crippen LogP contribution in [0.5, 0.6) is 0 Å². The molecule has 0 atom stereocenters. The number of carbonyl (C=O) groups is 1. The molecule has 0 unspecified atom stereocenters. The molecule has 1 aromatic carbocycles. The molecule has 5 heteroatoms. The van der Waals surface area contributed by atoms with Gasteiger partial charge < -0.3 is 5.21 Å². The minimum Gasteiger partial charge on any atom is -0.426 e. The number of benzene rings is 1. The predicted molar refractivity (Wildman–Crippen MR) is 53.2 cm³/mol. The van der Waals surface area contributed by atoms with E-state index in [-0.39, 0.29) is 11.4 Å². The molecule has 1 amide bonds. The second-order valence-electron chi connectivity index (χ2n) is 3.05. The predicted octanol–water partition coefficient (Wildman–Crippen LogP) is 0.721. The van der Waals surface area contributed by atoms with E-state index < -0.39 is 0 Å². The van der Waals surface area contributed by atoms with Gasteiger partial charge in [0.05, 0.1) is 11.7 Å². The number of nitrogens with zero attached hydrogens (tertiary/aromatic N) is 3. The molecular weight excluding hydrogens is 194 g/mol. The van der Waals surface area contributed by atoms with Crippen LogP contribution in [0.1, 0.15) is 6.92 Å². The molecule has 0 aliphatic heterocycles. The van der Waals surface area contributed by atoms with Gasteiger partial charge in [0.2, 0.25) is 5.91 Å². The number of rotatable bonds is 0. The average molecular weight is 203 g/mol.